The summed E-state index contributed by atoms with van der Waals surface area (Å²) in [6.45, 7) is 0. The average Bonchev–Trinajstić information content (AvgIpc) is 3.20. The molecule has 2 heterocycles. The van der Waals surface area contributed by atoms with E-state index in [1.807, 2.05) is 72.8 Å². The highest BCUT2D eigenvalue weighted by Crippen LogP contribution is 2.34. The Labute approximate surface area is 183 Å². The summed E-state index contributed by atoms with van der Waals surface area (Å²) in [5.74, 6) is 2.46. The van der Waals surface area contributed by atoms with Gasteiger partial charge in [0, 0.05) is 22.9 Å². The Morgan fingerprint density at radius 1 is 0.906 bits per heavy atom. The zero-order chi connectivity index (χ0) is 21.9. The first-order valence-corrected chi connectivity index (χ1v) is 10.00. The second-order valence-electron chi connectivity index (χ2n) is 7.20. The number of para-hydroxylation sites is 1. The Morgan fingerprint density at radius 3 is 2.47 bits per heavy atom. The van der Waals surface area contributed by atoms with Gasteiger partial charge in [-0.3, -0.25) is 9.89 Å². The van der Waals surface area contributed by atoms with Crippen LogP contribution in [0.5, 0.6) is 11.5 Å². The van der Waals surface area contributed by atoms with Crippen molar-refractivity contribution >= 4 is 34.5 Å². The van der Waals surface area contributed by atoms with Crippen LogP contribution in [-0.2, 0) is 0 Å². The summed E-state index contributed by atoms with van der Waals surface area (Å²) in [5.41, 5.74) is 9.77. The highest BCUT2D eigenvalue weighted by Gasteiger charge is 2.14. The highest BCUT2D eigenvalue weighted by atomic mass is 16.5. The van der Waals surface area contributed by atoms with Crippen molar-refractivity contribution in [1.82, 2.24) is 15.2 Å². The van der Waals surface area contributed by atoms with Gasteiger partial charge in [-0.1, -0.05) is 30.3 Å². The third kappa shape index (κ3) is 3.87. The van der Waals surface area contributed by atoms with E-state index in [0.29, 0.717) is 22.9 Å². The minimum Gasteiger partial charge on any atom is -0.457 e. The lowest BCUT2D eigenvalue weighted by molar-refractivity contribution is 0.112. The van der Waals surface area contributed by atoms with E-state index < -0.39 is 0 Å². The zero-order valence-corrected chi connectivity index (χ0v) is 16.9. The molecule has 156 valence electrons. The maximum atomic E-state index is 11.1. The molecule has 0 bridgehead atoms. The van der Waals surface area contributed by atoms with Crippen molar-refractivity contribution in [2.45, 2.75) is 0 Å². The summed E-state index contributed by atoms with van der Waals surface area (Å²) in [6, 6.07) is 26.3. The average molecular weight is 421 g/mol. The van der Waals surface area contributed by atoms with Gasteiger partial charge in [-0.15, -0.1) is 0 Å². The predicted octanol–water partition coefficient (Wildman–Crippen LogP) is 5.56. The third-order valence-corrected chi connectivity index (χ3v) is 4.97. The van der Waals surface area contributed by atoms with Gasteiger partial charge in [0.15, 0.2) is 5.82 Å². The number of nitrogens with two attached hydrogens (primary N) is 1. The molecule has 7 nitrogen and oxygen atoms in total. The fraction of sp³-hybridized carbons (Fsp3) is 0. The molecule has 5 rings (SSSR count). The van der Waals surface area contributed by atoms with Crippen LogP contribution in [0.1, 0.15) is 10.4 Å². The maximum Gasteiger partial charge on any atom is 0.155 e. The number of pyridine rings is 1. The lowest BCUT2D eigenvalue weighted by Gasteiger charge is -2.11. The van der Waals surface area contributed by atoms with E-state index in [4.69, 9.17) is 15.5 Å². The second-order valence-corrected chi connectivity index (χ2v) is 7.20. The highest BCUT2D eigenvalue weighted by molar-refractivity contribution is 6.01. The minimum atomic E-state index is 0.376. The van der Waals surface area contributed by atoms with Crippen molar-refractivity contribution in [3.05, 3.63) is 90.5 Å². The molecule has 0 radical (unpaired) electrons. The smallest absolute Gasteiger partial charge is 0.155 e. The molecule has 0 aliphatic heterocycles. The van der Waals surface area contributed by atoms with Gasteiger partial charge in [0.2, 0.25) is 0 Å². The topological polar surface area (TPSA) is 106 Å². The molecule has 32 heavy (non-hydrogen) atoms. The van der Waals surface area contributed by atoms with Gasteiger partial charge >= 0.3 is 0 Å². The Kier molecular flexibility index (Phi) is 4.97. The zero-order valence-electron chi connectivity index (χ0n) is 16.9. The normalized spacial score (nSPS) is 10.8. The fourth-order valence-electron chi connectivity index (χ4n) is 3.48. The number of hydrogen-bond acceptors (Lipinski definition) is 6. The van der Waals surface area contributed by atoms with Crippen LogP contribution in [-0.4, -0.2) is 21.5 Å². The number of aromatic nitrogens is 3. The van der Waals surface area contributed by atoms with Crippen molar-refractivity contribution in [3.63, 3.8) is 0 Å². The molecule has 0 aliphatic rings. The van der Waals surface area contributed by atoms with Crippen LogP contribution in [0.3, 0.4) is 0 Å². The lowest BCUT2D eigenvalue weighted by Crippen LogP contribution is -1.97. The monoisotopic (exact) mass is 421 g/mol. The molecule has 3 aromatic carbocycles. The maximum absolute atomic E-state index is 11.1. The Bertz CT molecular complexity index is 1400. The lowest BCUT2D eigenvalue weighted by atomic mass is 10.1. The number of aldehydes is 1. The molecule has 0 aliphatic carbocycles. The third-order valence-electron chi connectivity index (χ3n) is 4.97. The number of ether oxygens (including phenoxy) is 1. The predicted molar refractivity (Wildman–Crippen MR) is 125 cm³/mol. The van der Waals surface area contributed by atoms with Crippen LogP contribution in [0, 0.1) is 0 Å². The number of rotatable bonds is 6. The molecule has 0 saturated carbocycles. The van der Waals surface area contributed by atoms with Gasteiger partial charge < -0.3 is 15.8 Å². The first kappa shape index (κ1) is 19.3. The molecule has 0 saturated heterocycles. The van der Waals surface area contributed by atoms with E-state index in [9.17, 15) is 4.79 Å². The summed E-state index contributed by atoms with van der Waals surface area (Å²) in [6.07, 6.45) is 0.807. The number of carbonyl (C=O) groups is 1. The van der Waals surface area contributed by atoms with Crippen LogP contribution in [0.4, 0.5) is 17.3 Å². The summed E-state index contributed by atoms with van der Waals surface area (Å²) in [4.78, 5) is 15.9. The van der Waals surface area contributed by atoms with Crippen molar-refractivity contribution < 1.29 is 9.53 Å². The van der Waals surface area contributed by atoms with Gasteiger partial charge in [0.05, 0.1) is 16.6 Å². The van der Waals surface area contributed by atoms with Gasteiger partial charge in [-0.05, 0) is 48.5 Å². The van der Waals surface area contributed by atoms with Gasteiger partial charge in [-0.2, -0.15) is 5.10 Å². The molecule has 0 atom stereocenters. The first-order chi connectivity index (χ1) is 15.7. The molecule has 7 heteroatoms. The number of anilines is 3. The van der Waals surface area contributed by atoms with Crippen LogP contribution >= 0.6 is 0 Å². The van der Waals surface area contributed by atoms with E-state index in [-0.39, 0.29) is 0 Å². The van der Waals surface area contributed by atoms with Crippen molar-refractivity contribution in [1.29, 1.82) is 0 Å². The standard InChI is InChI=1S/C25H19N5O2/c26-25-23-21(29-30-25)14-22(27-18-6-4-5-16(13-18)15-31)28-24(23)17-9-11-20(12-10-17)32-19-7-2-1-3-8-19/h1-15H,(H,27,28)(H3,26,29,30). The molecular weight excluding hydrogens is 402 g/mol. The SMILES string of the molecule is Nc1n[nH]c2cc(Nc3cccc(C=O)c3)nc(-c3ccc(Oc4ccccc4)cc3)c12. The largest absolute Gasteiger partial charge is 0.457 e. The number of H-pyrrole nitrogens is 1. The van der Waals surface area contributed by atoms with Crippen LogP contribution in [0.2, 0.25) is 0 Å². The van der Waals surface area contributed by atoms with Crippen molar-refractivity contribution in [2.75, 3.05) is 11.1 Å². The minimum absolute atomic E-state index is 0.376. The summed E-state index contributed by atoms with van der Waals surface area (Å²) in [7, 11) is 0. The van der Waals surface area contributed by atoms with Crippen molar-refractivity contribution in [2.24, 2.45) is 0 Å². The van der Waals surface area contributed by atoms with E-state index in [0.717, 1.165) is 39.9 Å². The number of nitrogen functional groups attached to an aromatic ring is 1. The van der Waals surface area contributed by atoms with E-state index in [2.05, 4.69) is 15.5 Å². The number of aromatic amines is 1. The van der Waals surface area contributed by atoms with E-state index in [1.165, 1.54) is 0 Å². The number of carbonyl (C=O) groups excluding carboxylic acids is 1. The molecule has 0 fully saturated rings. The molecule has 5 aromatic rings. The summed E-state index contributed by atoms with van der Waals surface area (Å²) >= 11 is 0. The summed E-state index contributed by atoms with van der Waals surface area (Å²) in [5, 5.41) is 11.1. The number of benzene rings is 3. The van der Waals surface area contributed by atoms with Crippen LogP contribution in [0.15, 0.2) is 84.9 Å². The molecular formula is C25H19N5O2. The Balaban J connectivity index is 1.51. The van der Waals surface area contributed by atoms with Crippen LogP contribution < -0.4 is 15.8 Å². The quantitative estimate of drug-likeness (QED) is 0.310. The molecule has 0 unspecified atom stereocenters. The molecule has 4 N–H and O–H groups in total. The summed E-state index contributed by atoms with van der Waals surface area (Å²) < 4.78 is 5.89. The van der Waals surface area contributed by atoms with Crippen LogP contribution in [0.25, 0.3) is 22.2 Å². The molecule has 0 amide bonds. The first-order valence-electron chi connectivity index (χ1n) is 10.00. The Hall–Kier alpha value is -4.65. The van der Waals surface area contributed by atoms with E-state index >= 15 is 0 Å². The number of nitrogens with zero attached hydrogens (tertiary/aromatic N) is 2. The van der Waals surface area contributed by atoms with Gasteiger partial charge in [0.25, 0.3) is 0 Å². The van der Waals surface area contributed by atoms with Gasteiger partial charge in [0.1, 0.15) is 23.6 Å². The number of fused-ring (bicyclic) bond motifs is 1. The molecule has 0 spiro atoms. The number of nitrogens with one attached hydrogen (secondary N) is 2. The number of hydrogen-bond donors (Lipinski definition) is 3. The molecule has 2 aromatic heterocycles. The Morgan fingerprint density at radius 2 is 1.69 bits per heavy atom. The second kappa shape index (κ2) is 8.23. The fourth-order valence-corrected chi connectivity index (χ4v) is 3.48. The van der Waals surface area contributed by atoms with Crippen molar-refractivity contribution in [3.8, 4) is 22.8 Å². The van der Waals surface area contributed by atoms with Gasteiger partial charge in [-0.25, -0.2) is 4.98 Å². The van der Waals surface area contributed by atoms with E-state index in [1.54, 1.807) is 12.1 Å².